The van der Waals surface area contributed by atoms with Crippen LogP contribution in [0.25, 0.3) is 0 Å². The largest absolute Gasteiger partial charge is 0.477 e. The third-order valence-corrected chi connectivity index (χ3v) is 1.86. The standard InChI is InChI=1S/C12H11FO2/c1-4-8(2)15-12-6-5-10(13)7-11(12)9(3)14/h1,5-8H,2-3H3. The molecule has 0 heterocycles. The van der Waals surface area contributed by atoms with E-state index in [1.807, 2.05) is 0 Å². The molecule has 0 spiro atoms. The van der Waals surface area contributed by atoms with Crippen LogP contribution in [0.2, 0.25) is 0 Å². The van der Waals surface area contributed by atoms with Gasteiger partial charge in [-0.2, -0.15) is 0 Å². The minimum absolute atomic E-state index is 0.206. The van der Waals surface area contributed by atoms with Crippen molar-refractivity contribution in [3.05, 3.63) is 29.6 Å². The number of benzene rings is 1. The molecule has 0 aromatic heterocycles. The maximum atomic E-state index is 12.9. The lowest BCUT2D eigenvalue weighted by atomic mass is 10.1. The third kappa shape index (κ3) is 2.81. The fraction of sp³-hybridized carbons (Fsp3) is 0.250. The number of ketones is 1. The Labute approximate surface area is 88.1 Å². The highest BCUT2D eigenvalue weighted by Gasteiger charge is 2.11. The van der Waals surface area contributed by atoms with Gasteiger partial charge >= 0.3 is 0 Å². The maximum absolute atomic E-state index is 12.9. The predicted molar refractivity (Wildman–Crippen MR) is 55.3 cm³/mol. The Morgan fingerprint density at radius 2 is 2.27 bits per heavy atom. The number of Topliss-reactive ketones (excluding diaryl/α,β-unsaturated/α-hetero) is 1. The Morgan fingerprint density at radius 3 is 2.80 bits per heavy atom. The van der Waals surface area contributed by atoms with Gasteiger partial charge in [0.25, 0.3) is 0 Å². The van der Waals surface area contributed by atoms with Crippen molar-refractivity contribution in [3.63, 3.8) is 0 Å². The minimum atomic E-state index is -0.471. The molecular weight excluding hydrogens is 195 g/mol. The third-order valence-electron chi connectivity index (χ3n) is 1.86. The molecular formula is C12H11FO2. The highest BCUT2D eigenvalue weighted by Crippen LogP contribution is 2.21. The monoisotopic (exact) mass is 206 g/mol. The molecule has 3 heteroatoms. The first-order valence-electron chi connectivity index (χ1n) is 4.48. The van der Waals surface area contributed by atoms with E-state index in [2.05, 4.69) is 5.92 Å². The molecule has 0 saturated carbocycles. The van der Waals surface area contributed by atoms with Crippen molar-refractivity contribution in [2.24, 2.45) is 0 Å². The molecule has 0 bridgehead atoms. The summed E-state index contributed by atoms with van der Waals surface area (Å²) in [5, 5.41) is 0. The van der Waals surface area contributed by atoms with Crippen LogP contribution < -0.4 is 4.74 Å². The predicted octanol–water partition coefficient (Wildman–Crippen LogP) is 2.43. The Balaban J connectivity index is 3.07. The Kier molecular flexibility index (Phi) is 3.46. The van der Waals surface area contributed by atoms with Gasteiger partial charge in [0, 0.05) is 0 Å². The van der Waals surface area contributed by atoms with Crippen LogP contribution >= 0.6 is 0 Å². The molecule has 0 fully saturated rings. The normalized spacial score (nSPS) is 11.6. The number of carbonyl (C=O) groups is 1. The first kappa shape index (κ1) is 11.3. The summed E-state index contributed by atoms with van der Waals surface area (Å²) in [5.41, 5.74) is 0.206. The molecule has 0 aliphatic carbocycles. The lowest BCUT2D eigenvalue weighted by Gasteiger charge is -2.11. The fourth-order valence-electron chi connectivity index (χ4n) is 1.10. The number of hydrogen-bond donors (Lipinski definition) is 0. The van der Waals surface area contributed by atoms with Gasteiger partial charge in [-0.05, 0) is 32.0 Å². The summed E-state index contributed by atoms with van der Waals surface area (Å²) >= 11 is 0. The lowest BCUT2D eigenvalue weighted by Crippen LogP contribution is -2.11. The zero-order chi connectivity index (χ0) is 11.4. The quantitative estimate of drug-likeness (QED) is 0.560. The van der Waals surface area contributed by atoms with Crippen LogP contribution in [0.5, 0.6) is 5.75 Å². The smallest absolute Gasteiger partial charge is 0.163 e. The number of carbonyl (C=O) groups excluding carboxylic acids is 1. The van der Waals surface area contributed by atoms with Gasteiger partial charge in [0.15, 0.2) is 11.9 Å². The molecule has 1 atom stereocenters. The molecule has 78 valence electrons. The molecule has 15 heavy (non-hydrogen) atoms. The van der Waals surface area contributed by atoms with Gasteiger partial charge < -0.3 is 4.74 Å². The number of rotatable bonds is 3. The Hall–Kier alpha value is -1.82. The van der Waals surface area contributed by atoms with Crippen molar-refractivity contribution in [2.75, 3.05) is 0 Å². The summed E-state index contributed by atoms with van der Waals surface area (Å²) in [6, 6.07) is 3.77. The number of halogens is 1. The molecule has 1 aromatic rings. The first-order valence-corrected chi connectivity index (χ1v) is 4.48. The number of hydrogen-bond acceptors (Lipinski definition) is 2. The van der Waals surface area contributed by atoms with E-state index in [4.69, 9.17) is 11.2 Å². The van der Waals surface area contributed by atoms with Gasteiger partial charge in [0.05, 0.1) is 5.56 Å². The average Bonchev–Trinajstić information content (AvgIpc) is 2.20. The van der Waals surface area contributed by atoms with Gasteiger partial charge in [0.1, 0.15) is 11.6 Å². The van der Waals surface area contributed by atoms with E-state index in [0.29, 0.717) is 5.75 Å². The van der Waals surface area contributed by atoms with Crippen molar-refractivity contribution < 1.29 is 13.9 Å². The van der Waals surface area contributed by atoms with Crippen LogP contribution in [0.1, 0.15) is 24.2 Å². The van der Waals surface area contributed by atoms with Gasteiger partial charge in [-0.1, -0.05) is 5.92 Å². The van der Waals surface area contributed by atoms with E-state index in [-0.39, 0.29) is 11.3 Å². The second-order valence-electron chi connectivity index (χ2n) is 3.12. The SMILES string of the molecule is C#CC(C)Oc1ccc(F)cc1C(C)=O. The molecule has 2 nitrogen and oxygen atoms in total. The van der Waals surface area contributed by atoms with E-state index in [9.17, 15) is 9.18 Å². The van der Waals surface area contributed by atoms with E-state index >= 15 is 0 Å². The summed E-state index contributed by atoms with van der Waals surface area (Å²) in [6.07, 6.45) is 4.69. The summed E-state index contributed by atoms with van der Waals surface area (Å²) in [4.78, 5) is 11.2. The van der Waals surface area contributed by atoms with Crippen LogP contribution in [0.3, 0.4) is 0 Å². The highest BCUT2D eigenvalue weighted by molar-refractivity contribution is 5.96. The average molecular weight is 206 g/mol. The number of ether oxygens (including phenoxy) is 1. The van der Waals surface area contributed by atoms with E-state index in [1.165, 1.54) is 19.1 Å². The zero-order valence-corrected chi connectivity index (χ0v) is 8.58. The van der Waals surface area contributed by atoms with E-state index in [0.717, 1.165) is 6.07 Å². The summed E-state index contributed by atoms with van der Waals surface area (Å²) in [5.74, 6) is 1.95. The molecule has 0 radical (unpaired) electrons. The minimum Gasteiger partial charge on any atom is -0.477 e. The Bertz CT molecular complexity index is 418. The second kappa shape index (κ2) is 4.61. The first-order chi connectivity index (χ1) is 7.04. The number of terminal acetylenes is 1. The van der Waals surface area contributed by atoms with Crippen molar-refractivity contribution >= 4 is 5.78 Å². The topological polar surface area (TPSA) is 26.3 Å². The molecule has 0 amide bonds. The van der Waals surface area contributed by atoms with Crippen LogP contribution in [0.15, 0.2) is 18.2 Å². The van der Waals surface area contributed by atoms with Crippen LogP contribution in [0, 0.1) is 18.2 Å². The molecule has 1 unspecified atom stereocenters. The van der Waals surface area contributed by atoms with Crippen molar-refractivity contribution in [1.29, 1.82) is 0 Å². The molecule has 0 aliphatic heterocycles. The molecule has 1 rings (SSSR count). The van der Waals surface area contributed by atoms with E-state index < -0.39 is 11.9 Å². The van der Waals surface area contributed by atoms with Gasteiger partial charge in [-0.15, -0.1) is 6.42 Å². The van der Waals surface area contributed by atoms with E-state index in [1.54, 1.807) is 6.92 Å². The molecule has 0 aliphatic rings. The van der Waals surface area contributed by atoms with Crippen LogP contribution in [-0.4, -0.2) is 11.9 Å². The highest BCUT2D eigenvalue weighted by atomic mass is 19.1. The van der Waals surface area contributed by atoms with Gasteiger partial charge in [-0.3, -0.25) is 4.79 Å². The second-order valence-corrected chi connectivity index (χ2v) is 3.12. The molecule has 0 saturated heterocycles. The molecule has 1 aromatic carbocycles. The zero-order valence-electron chi connectivity index (χ0n) is 8.58. The van der Waals surface area contributed by atoms with Crippen molar-refractivity contribution in [1.82, 2.24) is 0 Å². The van der Waals surface area contributed by atoms with Gasteiger partial charge in [0.2, 0.25) is 0 Å². The van der Waals surface area contributed by atoms with Crippen LogP contribution in [-0.2, 0) is 0 Å². The maximum Gasteiger partial charge on any atom is 0.163 e. The Morgan fingerprint density at radius 1 is 1.60 bits per heavy atom. The molecule has 0 N–H and O–H groups in total. The lowest BCUT2D eigenvalue weighted by molar-refractivity contribution is 0.101. The van der Waals surface area contributed by atoms with Crippen molar-refractivity contribution in [3.8, 4) is 18.1 Å². The summed E-state index contributed by atoms with van der Waals surface area (Å²) in [6.45, 7) is 3.02. The fourth-order valence-corrected chi connectivity index (χ4v) is 1.10. The van der Waals surface area contributed by atoms with Gasteiger partial charge in [-0.25, -0.2) is 4.39 Å². The summed E-state index contributed by atoms with van der Waals surface area (Å²) in [7, 11) is 0. The summed E-state index contributed by atoms with van der Waals surface area (Å²) < 4.78 is 18.2. The van der Waals surface area contributed by atoms with Crippen LogP contribution in [0.4, 0.5) is 4.39 Å². The van der Waals surface area contributed by atoms with Crippen molar-refractivity contribution in [2.45, 2.75) is 20.0 Å².